The molecule has 134 valence electrons. The van der Waals surface area contributed by atoms with E-state index in [2.05, 4.69) is 18.4 Å². The third-order valence-electron chi connectivity index (χ3n) is 3.23. The van der Waals surface area contributed by atoms with Gasteiger partial charge in [0.2, 0.25) is 0 Å². The van der Waals surface area contributed by atoms with Crippen molar-refractivity contribution in [1.29, 1.82) is 0 Å². The first-order chi connectivity index (χ1) is 10.5. The van der Waals surface area contributed by atoms with E-state index >= 15 is 0 Å². The van der Waals surface area contributed by atoms with Crippen LogP contribution < -0.4 is 0 Å². The molecular weight excluding hydrogens is 307 g/mol. The van der Waals surface area contributed by atoms with Crippen molar-refractivity contribution in [2.45, 2.75) is 71.3 Å². The Kier molecular flexibility index (Phi) is 14.6. The van der Waals surface area contributed by atoms with Crippen molar-refractivity contribution in [1.82, 2.24) is 0 Å². The molecule has 0 aliphatic carbocycles. The zero-order chi connectivity index (χ0) is 16.7. The first-order valence-corrected chi connectivity index (χ1v) is 9.92. The van der Waals surface area contributed by atoms with Crippen molar-refractivity contribution in [3.05, 3.63) is 0 Å². The van der Waals surface area contributed by atoms with E-state index in [9.17, 15) is 4.57 Å². The number of hydrogen-bond donors (Lipinski definition) is 2. The SMILES string of the molecule is CCCCCCOC[C@H](COP(=O)(O)O)OCCCCCC. The first-order valence-electron chi connectivity index (χ1n) is 8.39. The van der Waals surface area contributed by atoms with Gasteiger partial charge in [-0.3, -0.25) is 4.52 Å². The van der Waals surface area contributed by atoms with Crippen LogP contribution in [0, 0.1) is 0 Å². The molecule has 0 fully saturated rings. The lowest BCUT2D eigenvalue weighted by atomic mass is 10.2. The summed E-state index contributed by atoms with van der Waals surface area (Å²) >= 11 is 0. The minimum absolute atomic E-state index is 0.146. The van der Waals surface area contributed by atoms with Gasteiger partial charge in [-0.05, 0) is 12.8 Å². The maximum atomic E-state index is 10.8. The lowest BCUT2D eigenvalue weighted by Gasteiger charge is -2.18. The molecule has 0 aliphatic rings. The monoisotopic (exact) mass is 340 g/mol. The maximum absolute atomic E-state index is 10.8. The minimum atomic E-state index is -4.46. The second-order valence-electron chi connectivity index (χ2n) is 5.48. The van der Waals surface area contributed by atoms with Crippen LogP contribution in [0.5, 0.6) is 0 Å². The summed E-state index contributed by atoms with van der Waals surface area (Å²) in [6.45, 7) is 5.67. The molecule has 0 aromatic heterocycles. The second kappa shape index (κ2) is 14.6. The lowest BCUT2D eigenvalue weighted by Crippen LogP contribution is -2.26. The molecule has 1 atom stereocenters. The Hall–Kier alpha value is 0.0300. The predicted molar refractivity (Wildman–Crippen MR) is 86.8 cm³/mol. The topological polar surface area (TPSA) is 85.2 Å². The van der Waals surface area contributed by atoms with Crippen LogP contribution in [-0.4, -0.2) is 42.3 Å². The molecule has 0 heterocycles. The van der Waals surface area contributed by atoms with E-state index in [4.69, 9.17) is 19.3 Å². The summed E-state index contributed by atoms with van der Waals surface area (Å²) in [5.74, 6) is 0. The van der Waals surface area contributed by atoms with Crippen LogP contribution >= 0.6 is 7.82 Å². The van der Waals surface area contributed by atoms with Gasteiger partial charge >= 0.3 is 7.82 Å². The van der Waals surface area contributed by atoms with Crippen molar-refractivity contribution in [3.63, 3.8) is 0 Å². The summed E-state index contributed by atoms with van der Waals surface area (Å²) in [6, 6.07) is 0. The lowest BCUT2D eigenvalue weighted by molar-refractivity contribution is -0.0429. The summed E-state index contributed by atoms with van der Waals surface area (Å²) in [7, 11) is -4.46. The fourth-order valence-corrected chi connectivity index (χ4v) is 2.31. The summed E-state index contributed by atoms with van der Waals surface area (Å²) in [6.07, 6.45) is 8.44. The van der Waals surface area contributed by atoms with Crippen LogP contribution in [0.1, 0.15) is 65.2 Å². The summed E-state index contributed by atoms with van der Waals surface area (Å²) in [5, 5.41) is 0. The van der Waals surface area contributed by atoms with Gasteiger partial charge in [0, 0.05) is 13.2 Å². The number of hydrogen-bond acceptors (Lipinski definition) is 4. The third-order valence-corrected chi connectivity index (χ3v) is 3.71. The van der Waals surface area contributed by atoms with Crippen molar-refractivity contribution in [2.24, 2.45) is 0 Å². The number of rotatable bonds is 16. The highest BCUT2D eigenvalue weighted by atomic mass is 31.2. The molecule has 0 amide bonds. The quantitative estimate of drug-likeness (QED) is 0.329. The molecule has 2 N–H and O–H groups in total. The summed E-state index contributed by atoms with van der Waals surface area (Å²) in [5.41, 5.74) is 0. The van der Waals surface area contributed by atoms with Crippen molar-refractivity contribution >= 4 is 7.82 Å². The Morgan fingerprint density at radius 1 is 0.864 bits per heavy atom. The minimum Gasteiger partial charge on any atom is -0.379 e. The highest BCUT2D eigenvalue weighted by Crippen LogP contribution is 2.35. The number of ether oxygens (including phenoxy) is 2. The number of phosphoric acid groups is 1. The molecule has 0 radical (unpaired) electrons. The van der Waals surface area contributed by atoms with Crippen molar-refractivity contribution in [3.8, 4) is 0 Å². The van der Waals surface area contributed by atoms with E-state index in [1.165, 1.54) is 19.3 Å². The van der Waals surface area contributed by atoms with Gasteiger partial charge in [-0.2, -0.15) is 0 Å². The van der Waals surface area contributed by atoms with E-state index in [-0.39, 0.29) is 6.61 Å². The van der Waals surface area contributed by atoms with Crippen LogP contribution in [-0.2, 0) is 18.6 Å². The van der Waals surface area contributed by atoms with E-state index in [1.807, 2.05) is 0 Å². The van der Waals surface area contributed by atoms with Gasteiger partial charge in [-0.25, -0.2) is 4.57 Å². The van der Waals surface area contributed by atoms with Gasteiger partial charge in [0.1, 0.15) is 6.10 Å². The summed E-state index contributed by atoms with van der Waals surface area (Å²) < 4.78 is 26.4. The molecule has 22 heavy (non-hydrogen) atoms. The fraction of sp³-hybridized carbons (Fsp3) is 1.00. The van der Waals surface area contributed by atoms with E-state index in [1.54, 1.807) is 0 Å². The van der Waals surface area contributed by atoms with Gasteiger partial charge in [0.05, 0.1) is 13.2 Å². The Labute approximate surface area is 134 Å². The van der Waals surface area contributed by atoms with Crippen LogP contribution in [0.15, 0.2) is 0 Å². The van der Waals surface area contributed by atoms with Gasteiger partial charge in [-0.1, -0.05) is 52.4 Å². The molecule has 0 saturated heterocycles. The molecule has 7 heteroatoms. The molecule has 0 aromatic carbocycles. The first kappa shape index (κ1) is 22.0. The zero-order valence-electron chi connectivity index (χ0n) is 14.0. The zero-order valence-corrected chi connectivity index (χ0v) is 14.9. The number of unbranched alkanes of at least 4 members (excludes halogenated alkanes) is 6. The van der Waals surface area contributed by atoms with E-state index in [0.29, 0.717) is 19.8 Å². The Morgan fingerprint density at radius 2 is 1.45 bits per heavy atom. The molecule has 0 unspecified atom stereocenters. The van der Waals surface area contributed by atoms with Gasteiger partial charge in [-0.15, -0.1) is 0 Å². The van der Waals surface area contributed by atoms with Gasteiger partial charge in [0.15, 0.2) is 0 Å². The predicted octanol–water partition coefficient (Wildman–Crippen LogP) is 3.66. The van der Waals surface area contributed by atoms with Crippen molar-refractivity contribution in [2.75, 3.05) is 26.4 Å². The van der Waals surface area contributed by atoms with E-state index < -0.39 is 13.9 Å². The maximum Gasteiger partial charge on any atom is 0.469 e. The van der Waals surface area contributed by atoms with Gasteiger partial charge in [0.25, 0.3) is 0 Å². The van der Waals surface area contributed by atoms with Crippen LogP contribution in [0.4, 0.5) is 0 Å². The Morgan fingerprint density at radius 3 is 2.00 bits per heavy atom. The smallest absolute Gasteiger partial charge is 0.379 e. The Balaban J connectivity index is 3.87. The molecule has 0 spiro atoms. The molecule has 0 aliphatic heterocycles. The fourth-order valence-electron chi connectivity index (χ4n) is 1.95. The molecule has 0 saturated carbocycles. The van der Waals surface area contributed by atoms with Gasteiger partial charge < -0.3 is 19.3 Å². The third kappa shape index (κ3) is 16.4. The second-order valence-corrected chi connectivity index (χ2v) is 6.71. The number of phosphoric ester groups is 1. The molecular formula is C15H33O6P. The van der Waals surface area contributed by atoms with Crippen LogP contribution in [0.25, 0.3) is 0 Å². The summed E-state index contributed by atoms with van der Waals surface area (Å²) in [4.78, 5) is 17.5. The van der Waals surface area contributed by atoms with Crippen LogP contribution in [0.2, 0.25) is 0 Å². The van der Waals surface area contributed by atoms with E-state index in [0.717, 1.165) is 32.1 Å². The normalized spacial score (nSPS) is 13.5. The largest absolute Gasteiger partial charge is 0.469 e. The standard InChI is InChI=1S/C15H33O6P/c1-3-5-7-9-11-19-13-15(14-21-22(16,17)18)20-12-10-8-6-4-2/h15H,3-14H2,1-2H3,(H2,16,17,18)/t15-/m1/s1. The highest BCUT2D eigenvalue weighted by molar-refractivity contribution is 7.46. The molecule has 0 rings (SSSR count). The molecule has 6 nitrogen and oxygen atoms in total. The Bertz CT molecular complexity index is 281. The van der Waals surface area contributed by atoms with Crippen molar-refractivity contribution < 1.29 is 28.3 Å². The average Bonchev–Trinajstić information content (AvgIpc) is 2.46. The van der Waals surface area contributed by atoms with Crippen LogP contribution in [0.3, 0.4) is 0 Å². The molecule has 0 bridgehead atoms. The highest BCUT2D eigenvalue weighted by Gasteiger charge is 2.19. The average molecular weight is 340 g/mol. The molecule has 0 aromatic rings.